The zero-order chi connectivity index (χ0) is 20.3. The second kappa shape index (κ2) is 11.0. The van der Waals surface area contributed by atoms with Gasteiger partial charge in [-0.15, -0.1) is 0 Å². The molecule has 2 N–H and O–H groups in total. The fourth-order valence-corrected chi connectivity index (χ4v) is 3.07. The number of thiocarbonyl (C=S) groups is 1. The molecular formula is C24H26N4S. The highest BCUT2D eigenvalue weighted by atomic mass is 32.1. The van der Waals surface area contributed by atoms with E-state index in [1.807, 2.05) is 24.3 Å². The Kier molecular flexibility index (Phi) is 7.78. The summed E-state index contributed by atoms with van der Waals surface area (Å²) in [4.78, 5) is 2.34. The lowest BCUT2D eigenvalue weighted by molar-refractivity contribution is 0.832. The lowest BCUT2D eigenvalue weighted by atomic mass is 10.1. The van der Waals surface area contributed by atoms with Gasteiger partial charge in [0.25, 0.3) is 0 Å². The molecule has 4 nitrogen and oxygen atoms in total. The summed E-state index contributed by atoms with van der Waals surface area (Å²) in [5.41, 5.74) is 7.55. The molecule has 0 atom stereocenters. The third kappa shape index (κ3) is 6.73. The molecule has 3 aromatic carbocycles. The summed E-state index contributed by atoms with van der Waals surface area (Å²) >= 11 is 5.26. The number of nitrogens with zero attached hydrogens (tertiary/aromatic N) is 2. The van der Waals surface area contributed by atoms with Crippen LogP contribution in [0.3, 0.4) is 0 Å². The van der Waals surface area contributed by atoms with Gasteiger partial charge < -0.3 is 10.2 Å². The van der Waals surface area contributed by atoms with Crippen LogP contribution in [0.1, 0.15) is 23.6 Å². The maximum atomic E-state index is 5.26. The summed E-state index contributed by atoms with van der Waals surface area (Å²) < 4.78 is 0. The normalized spacial score (nSPS) is 10.7. The van der Waals surface area contributed by atoms with Crippen LogP contribution < -0.4 is 15.6 Å². The number of rotatable bonds is 8. The molecule has 0 bridgehead atoms. The minimum Gasteiger partial charge on any atom is -0.367 e. The van der Waals surface area contributed by atoms with Gasteiger partial charge in [-0.2, -0.15) is 5.10 Å². The van der Waals surface area contributed by atoms with Crippen LogP contribution in [0.15, 0.2) is 90.0 Å². The highest BCUT2D eigenvalue weighted by Gasteiger charge is 2.05. The Hall–Kier alpha value is -3.18. The van der Waals surface area contributed by atoms with Crippen LogP contribution in [0.2, 0.25) is 0 Å². The van der Waals surface area contributed by atoms with Crippen LogP contribution >= 0.6 is 12.2 Å². The lowest BCUT2D eigenvalue weighted by Gasteiger charge is -2.23. The van der Waals surface area contributed by atoms with E-state index in [1.165, 1.54) is 16.8 Å². The minimum absolute atomic E-state index is 0.502. The van der Waals surface area contributed by atoms with Crippen molar-refractivity contribution in [2.75, 3.05) is 11.4 Å². The van der Waals surface area contributed by atoms with Gasteiger partial charge in [0.15, 0.2) is 5.11 Å². The van der Waals surface area contributed by atoms with E-state index in [4.69, 9.17) is 12.2 Å². The average molecular weight is 403 g/mol. The van der Waals surface area contributed by atoms with E-state index < -0.39 is 0 Å². The van der Waals surface area contributed by atoms with E-state index in [0.717, 1.165) is 18.7 Å². The molecule has 0 radical (unpaired) electrons. The molecule has 0 heterocycles. The number of anilines is 1. The Labute approximate surface area is 178 Å². The van der Waals surface area contributed by atoms with Crippen molar-refractivity contribution in [2.45, 2.75) is 20.0 Å². The monoisotopic (exact) mass is 402 g/mol. The van der Waals surface area contributed by atoms with Crippen molar-refractivity contribution < 1.29 is 0 Å². The van der Waals surface area contributed by atoms with Gasteiger partial charge in [-0.05, 0) is 48.0 Å². The van der Waals surface area contributed by atoms with E-state index in [9.17, 15) is 0 Å². The van der Waals surface area contributed by atoms with Crippen molar-refractivity contribution in [1.82, 2.24) is 10.7 Å². The predicted molar refractivity (Wildman–Crippen MR) is 126 cm³/mol. The second-order valence-corrected chi connectivity index (χ2v) is 7.04. The number of hydrogen-bond donors (Lipinski definition) is 2. The molecule has 0 amide bonds. The first-order chi connectivity index (χ1) is 14.2. The van der Waals surface area contributed by atoms with Gasteiger partial charge in [-0.25, -0.2) is 0 Å². The van der Waals surface area contributed by atoms with Crippen molar-refractivity contribution in [1.29, 1.82) is 0 Å². The Morgan fingerprint density at radius 3 is 2.14 bits per heavy atom. The van der Waals surface area contributed by atoms with Crippen LogP contribution in [0, 0.1) is 0 Å². The quantitative estimate of drug-likeness (QED) is 0.325. The molecule has 3 aromatic rings. The van der Waals surface area contributed by atoms with Crippen LogP contribution in [0.5, 0.6) is 0 Å². The third-order valence-corrected chi connectivity index (χ3v) is 4.77. The summed E-state index contributed by atoms with van der Waals surface area (Å²) in [5.74, 6) is 0. The Balaban J connectivity index is 1.49. The highest BCUT2D eigenvalue weighted by Crippen LogP contribution is 2.17. The first kappa shape index (κ1) is 20.6. The Morgan fingerprint density at radius 2 is 1.52 bits per heavy atom. The first-order valence-electron chi connectivity index (χ1n) is 9.74. The van der Waals surface area contributed by atoms with Gasteiger partial charge in [-0.3, -0.25) is 5.43 Å². The number of nitrogens with one attached hydrogen (secondary N) is 2. The molecule has 0 saturated heterocycles. The molecule has 0 spiro atoms. The summed E-state index contributed by atoms with van der Waals surface area (Å²) in [5, 5.41) is 7.87. The van der Waals surface area contributed by atoms with E-state index in [1.54, 1.807) is 6.21 Å². The summed E-state index contributed by atoms with van der Waals surface area (Å²) in [6.45, 7) is 4.69. The molecule has 0 saturated carbocycles. The van der Waals surface area contributed by atoms with E-state index >= 15 is 0 Å². The van der Waals surface area contributed by atoms with Gasteiger partial charge in [0.05, 0.1) is 6.21 Å². The van der Waals surface area contributed by atoms with Crippen LogP contribution in [0.4, 0.5) is 5.69 Å². The van der Waals surface area contributed by atoms with E-state index in [2.05, 4.69) is 88.3 Å². The van der Waals surface area contributed by atoms with Crippen molar-refractivity contribution in [3.8, 4) is 0 Å². The third-order valence-electron chi connectivity index (χ3n) is 4.53. The second-order valence-electron chi connectivity index (χ2n) is 6.63. The molecule has 0 unspecified atom stereocenters. The molecule has 0 aromatic heterocycles. The minimum atomic E-state index is 0.502. The highest BCUT2D eigenvalue weighted by molar-refractivity contribution is 7.80. The summed E-state index contributed by atoms with van der Waals surface area (Å²) in [6, 6.07) is 29.0. The number of hydrogen-bond acceptors (Lipinski definition) is 3. The molecule has 148 valence electrons. The molecule has 0 aliphatic heterocycles. The van der Waals surface area contributed by atoms with Crippen LogP contribution in [0.25, 0.3) is 0 Å². The zero-order valence-electron chi connectivity index (χ0n) is 16.6. The van der Waals surface area contributed by atoms with Gasteiger partial charge in [0.2, 0.25) is 0 Å². The Morgan fingerprint density at radius 1 is 0.897 bits per heavy atom. The molecular weight excluding hydrogens is 376 g/mol. The molecule has 0 aliphatic rings. The zero-order valence-corrected chi connectivity index (χ0v) is 17.4. The standard InChI is InChI=1S/C24H26N4S/c1-2-28(19-22-11-7-4-8-12-22)23-15-13-21(14-16-23)18-26-27-24(29)25-17-20-9-5-3-6-10-20/h3-16,18H,2,17,19H2,1H3,(H2,25,27,29)/b26-18-. The molecule has 0 fully saturated rings. The SMILES string of the molecule is CCN(Cc1ccccc1)c1ccc(/C=N\NC(=S)NCc2ccccc2)cc1. The van der Waals surface area contributed by atoms with E-state index in [-0.39, 0.29) is 0 Å². The molecule has 3 rings (SSSR count). The van der Waals surface area contributed by atoms with Gasteiger partial charge in [0.1, 0.15) is 0 Å². The summed E-state index contributed by atoms with van der Waals surface area (Å²) in [7, 11) is 0. The van der Waals surface area contributed by atoms with Crippen molar-refractivity contribution in [3.05, 3.63) is 102 Å². The Bertz CT molecular complexity index is 909. The van der Waals surface area contributed by atoms with Gasteiger partial charge in [-0.1, -0.05) is 72.8 Å². The van der Waals surface area contributed by atoms with Crippen LogP contribution in [-0.4, -0.2) is 17.9 Å². The topological polar surface area (TPSA) is 39.7 Å². The summed E-state index contributed by atoms with van der Waals surface area (Å²) in [6.07, 6.45) is 1.77. The van der Waals surface area contributed by atoms with Crippen LogP contribution in [-0.2, 0) is 13.1 Å². The molecule has 0 aliphatic carbocycles. The largest absolute Gasteiger partial charge is 0.367 e. The fourth-order valence-electron chi connectivity index (χ4n) is 2.94. The van der Waals surface area contributed by atoms with Gasteiger partial charge >= 0.3 is 0 Å². The maximum Gasteiger partial charge on any atom is 0.187 e. The lowest BCUT2D eigenvalue weighted by Crippen LogP contribution is -2.31. The van der Waals surface area contributed by atoms with Crippen molar-refractivity contribution >= 4 is 29.2 Å². The maximum absolute atomic E-state index is 5.26. The molecule has 5 heteroatoms. The van der Waals surface area contributed by atoms with Crippen molar-refractivity contribution in [3.63, 3.8) is 0 Å². The predicted octanol–water partition coefficient (Wildman–Crippen LogP) is 4.71. The van der Waals surface area contributed by atoms with Gasteiger partial charge in [0, 0.05) is 25.3 Å². The molecule has 29 heavy (non-hydrogen) atoms. The number of hydrazone groups is 1. The smallest absolute Gasteiger partial charge is 0.187 e. The number of benzene rings is 3. The fraction of sp³-hybridized carbons (Fsp3) is 0.167. The average Bonchev–Trinajstić information content (AvgIpc) is 2.78. The van der Waals surface area contributed by atoms with E-state index in [0.29, 0.717) is 11.7 Å². The first-order valence-corrected chi connectivity index (χ1v) is 10.1. The van der Waals surface area contributed by atoms with Crippen molar-refractivity contribution in [2.24, 2.45) is 5.10 Å².